The number of carbonyl (C=O) groups is 3. The second kappa shape index (κ2) is 7.27. The van der Waals surface area contributed by atoms with Crippen molar-refractivity contribution in [1.29, 1.82) is 0 Å². The summed E-state index contributed by atoms with van der Waals surface area (Å²) in [6.07, 6.45) is 3.22. The molecule has 3 amide bonds. The van der Waals surface area contributed by atoms with Crippen LogP contribution in [0, 0.1) is 0 Å². The van der Waals surface area contributed by atoms with E-state index in [0.717, 1.165) is 5.56 Å². The molecular weight excluding hydrogens is 278 g/mol. The van der Waals surface area contributed by atoms with E-state index in [-0.39, 0.29) is 12.8 Å². The number of nitrogens with two attached hydrogens (primary N) is 1. The molecule has 0 unspecified atom stereocenters. The number of carbonyl (C=O) groups excluding carboxylic acids is 2. The predicted molar refractivity (Wildman–Crippen MR) is 73.1 cm³/mol. The number of nitrogens with zero attached hydrogens (tertiary/aromatic N) is 3. The topological polar surface area (TPSA) is 131 Å². The molecule has 1 aromatic rings. The highest BCUT2D eigenvalue weighted by atomic mass is 16.4. The average molecular weight is 297 g/mol. The third-order valence-electron chi connectivity index (χ3n) is 2.80. The summed E-state index contributed by atoms with van der Waals surface area (Å²) in [7, 11) is 3.29. The highest BCUT2D eigenvalue weighted by Gasteiger charge is 2.22. The van der Waals surface area contributed by atoms with Gasteiger partial charge in [-0.05, 0) is 6.42 Å². The molecular formula is C12H19N5O4. The molecule has 1 atom stereocenters. The van der Waals surface area contributed by atoms with E-state index >= 15 is 0 Å². The Morgan fingerprint density at radius 2 is 2.19 bits per heavy atom. The van der Waals surface area contributed by atoms with Crippen LogP contribution in [0.4, 0.5) is 4.79 Å². The maximum atomic E-state index is 11.9. The van der Waals surface area contributed by atoms with Crippen molar-refractivity contribution in [3.63, 3.8) is 0 Å². The van der Waals surface area contributed by atoms with Gasteiger partial charge in [0.1, 0.15) is 6.04 Å². The van der Waals surface area contributed by atoms with E-state index in [9.17, 15) is 14.4 Å². The third-order valence-corrected chi connectivity index (χ3v) is 2.80. The fraction of sp³-hybridized carbons (Fsp3) is 0.500. The first-order chi connectivity index (χ1) is 9.79. The Balaban J connectivity index is 2.55. The van der Waals surface area contributed by atoms with Crippen LogP contribution in [0.15, 0.2) is 12.4 Å². The van der Waals surface area contributed by atoms with Crippen LogP contribution in [0.1, 0.15) is 18.4 Å². The minimum atomic E-state index is -1.21. The molecule has 0 aliphatic carbocycles. The van der Waals surface area contributed by atoms with Gasteiger partial charge < -0.3 is 21.1 Å². The van der Waals surface area contributed by atoms with Crippen LogP contribution >= 0.6 is 0 Å². The Hall–Kier alpha value is -2.58. The summed E-state index contributed by atoms with van der Waals surface area (Å²) in [5, 5.41) is 15.3. The number of rotatable bonds is 7. The monoisotopic (exact) mass is 297 g/mol. The van der Waals surface area contributed by atoms with Gasteiger partial charge in [0, 0.05) is 32.3 Å². The Morgan fingerprint density at radius 1 is 1.52 bits per heavy atom. The van der Waals surface area contributed by atoms with Gasteiger partial charge in [0.25, 0.3) is 0 Å². The minimum Gasteiger partial charge on any atom is -0.480 e. The molecule has 0 saturated heterocycles. The van der Waals surface area contributed by atoms with Gasteiger partial charge in [-0.15, -0.1) is 0 Å². The molecule has 0 radical (unpaired) electrons. The molecule has 0 aromatic carbocycles. The van der Waals surface area contributed by atoms with Crippen molar-refractivity contribution in [2.75, 3.05) is 7.05 Å². The molecule has 116 valence electrons. The summed E-state index contributed by atoms with van der Waals surface area (Å²) >= 11 is 0. The first-order valence-corrected chi connectivity index (χ1v) is 6.30. The molecule has 1 rings (SSSR count). The van der Waals surface area contributed by atoms with Crippen LogP contribution in [0.5, 0.6) is 0 Å². The zero-order valence-electron chi connectivity index (χ0n) is 11.9. The number of hydrogen-bond acceptors (Lipinski definition) is 4. The molecule has 0 bridgehead atoms. The lowest BCUT2D eigenvalue weighted by molar-refractivity contribution is -0.139. The number of carboxylic acids is 1. The van der Waals surface area contributed by atoms with Crippen molar-refractivity contribution >= 4 is 17.9 Å². The van der Waals surface area contributed by atoms with E-state index < -0.39 is 23.9 Å². The Labute approximate surface area is 121 Å². The van der Waals surface area contributed by atoms with Crippen LogP contribution in [0.3, 0.4) is 0 Å². The number of amides is 3. The van der Waals surface area contributed by atoms with E-state index in [4.69, 9.17) is 10.8 Å². The Kier molecular flexibility index (Phi) is 5.70. The van der Waals surface area contributed by atoms with Gasteiger partial charge in [-0.3, -0.25) is 9.48 Å². The molecule has 0 saturated carbocycles. The zero-order valence-corrected chi connectivity index (χ0v) is 11.9. The van der Waals surface area contributed by atoms with Crippen molar-refractivity contribution in [2.45, 2.75) is 25.4 Å². The third kappa shape index (κ3) is 5.51. The average Bonchev–Trinajstić information content (AvgIpc) is 2.78. The second-order valence-corrected chi connectivity index (χ2v) is 4.72. The molecule has 0 aliphatic heterocycles. The number of carboxylic acid groups (broad SMARTS) is 1. The zero-order chi connectivity index (χ0) is 16.0. The molecule has 0 fully saturated rings. The van der Waals surface area contributed by atoms with Crippen molar-refractivity contribution in [3.8, 4) is 0 Å². The normalized spacial score (nSPS) is 11.7. The lowest BCUT2D eigenvalue weighted by Crippen LogP contribution is -2.46. The Morgan fingerprint density at radius 3 is 2.67 bits per heavy atom. The van der Waals surface area contributed by atoms with Gasteiger partial charge in [0.2, 0.25) is 5.91 Å². The number of aliphatic carboxylic acids is 1. The van der Waals surface area contributed by atoms with Crippen molar-refractivity contribution in [2.24, 2.45) is 12.8 Å². The van der Waals surface area contributed by atoms with E-state index in [0.29, 0.717) is 6.54 Å². The fourth-order valence-corrected chi connectivity index (χ4v) is 1.70. The SMILES string of the molecule is CN(Cc1cnn(C)c1)C(=O)N[C@@H](CCC(N)=O)C(=O)O. The van der Waals surface area contributed by atoms with E-state index in [1.54, 1.807) is 24.1 Å². The van der Waals surface area contributed by atoms with Crippen molar-refractivity contribution in [1.82, 2.24) is 20.0 Å². The summed E-state index contributed by atoms with van der Waals surface area (Å²) in [6, 6.07) is -1.70. The van der Waals surface area contributed by atoms with Gasteiger partial charge in [0.05, 0.1) is 12.7 Å². The van der Waals surface area contributed by atoms with Crippen LogP contribution < -0.4 is 11.1 Å². The molecule has 1 aromatic heterocycles. The summed E-state index contributed by atoms with van der Waals surface area (Å²) in [6.45, 7) is 0.293. The molecule has 21 heavy (non-hydrogen) atoms. The smallest absolute Gasteiger partial charge is 0.326 e. The van der Waals surface area contributed by atoms with Crippen molar-refractivity contribution in [3.05, 3.63) is 18.0 Å². The number of urea groups is 1. The fourth-order valence-electron chi connectivity index (χ4n) is 1.70. The maximum absolute atomic E-state index is 11.9. The van der Waals surface area contributed by atoms with Gasteiger partial charge in [-0.2, -0.15) is 5.10 Å². The summed E-state index contributed by atoms with van der Waals surface area (Å²) in [4.78, 5) is 35.0. The molecule has 0 spiro atoms. The van der Waals surface area contributed by atoms with Crippen LogP contribution in [0.25, 0.3) is 0 Å². The maximum Gasteiger partial charge on any atom is 0.326 e. The van der Waals surface area contributed by atoms with Crippen molar-refractivity contribution < 1.29 is 19.5 Å². The number of primary amides is 1. The standard InChI is InChI=1S/C12H19N5O4/c1-16(6-8-5-14-17(2)7-8)12(21)15-9(11(19)20)3-4-10(13)18/h5,7,9H,3-4,6H2,1-2H3,(H2,13,18)(H,15,21)(H,19,20)/t9-/m0/s1. The second-order valence-electron chi connectivity index (χ2n) is 4.72. The summed E-state index contributed by atoms with van der Waals surface area (Å²) < 4.78 is 1.61. The Bertz CT molecular complexity index is 527. The quantitative estimate of drug-likeness (QED) is 0.611. The van der Waals surface area contributed by atoms with Crippen LogP contribution in [-0.2, 0) is 23.2 Å². The number of hydrogen-bond donors (Lipinski definition) is 3. The largest absolute Gasteiger partial charge is 0.480 e. The van der Waals surface area contributed by atoms with E-state index in [2.05, 4.69) is 10.4 Å². The van der Waals surface area contributed by atoms with E-state index in [1.807, 2.05) is 0 Å². The summed E-state index contributed by atoms with van der Waals surface area (Å²) in [5.74, 6) is -1.82. The molecule has 9 heteroatoms. The highest BCUT2D eigenvalue weighted by molar-refractivity contribution is 5.83. The number of nitrogens with one attached hydrogen (secondary N) is 1. The molecule has 0 aliphatic rings. The first-order valence-electron chi connectivity index (χ1n) is 6.30. The van der Waals surface area contributed by atoms with E-state index in [1.165, 1.54) is 11.9 Å². The molecule has 9 nitrogen and oxygen atoms in total. The molecule has 1 heterocycles. The highest BCUT2D eigenvalue weighted by Crippen LogP contribution is 2.03. The first kappa shape index (κ1) is 16.5. The van der Waals surface area contributed by atoms with Crippen LogP contribution in [-0.4, -0.2) is 50.8 Å². The number of aryl methyl sites for hydroxylation is 1. The minimum absolute atomic E-state index is 0.0445. The summed E-state index contributed by atoms with van der Waals surface area (Å²) in [5.41, 5.74) is 5.79. The lowest BCUT2D eigenvalue weighted by atomic mass is 10.1. The predicted octanol–water partition coefficient (Wildman–Crippen LogP) is -0.720. The van der Waals surface area contributed by atoms with Crippen LogP contribution in [0.2, 0.25) is 0 Å². The van der Waals surface area contributed by atoms with Gasteiger partial charge in [0.15, 0.2) is 0 Å². The lowest BCUT2D eigenvalue weighted by Gasteiger charge is -2.20. The van der Waals surface area contributed by atoms with Gasteiger partial charge >= 0.3 is 12.0 Å². The molecule has 4 N–H and O–H groups in total. The van der Waals surface area contributed by atoms with Gasteiger partial charge in [-0.1, -0.05) is 0 Å². The number of aromatic nitrogens is 2. The van der Waals surface area contributed by atoms with Gasteiger partial charge in [-0.25, -0.2) is 9.59 Å².